The maximum Gasteiger partial charge on any atom is 0.152 e. The topological polar surface area (TPSA) is 18.5 Å². The van der Waals surface area contributed by atoms with Crippen LogP contribution in [-0.4, -0.2) is 18.8 Å². The molecule has 0 saturated carbocycles. The Bertz CT molecular complexity index is 308. The van der Waals surface area contributed by atoms with Crippen LogP contribution in [0.4, 0.5) is 0 Å². The number of hydrogen-bond donors (Lipinski definition) is 0. The highest BCUT2D eigenvalue weighted by Gasteiger charge is 2.35. The Kier molecular flexibility index (Phi) is 2.30. The first-order valence-corrected chi connectivity index (χ1v) is 5.00. The van der Waals surface area contributed by atoms with Crippen LogP contribution >= 0.6 is 15.9 Å². The van der Waals surface area contributed by atoms with Crippen LogP contribution in [-0.2, 0) is 4.74 Å². The van der Waals surface area contributed by atoms with Gasteiger partial charge in [-0.25, -0.2) is 0 Å². The standard InChI is InChI=1S/C10H11BrO2/c1-10(6-12-7-10)13-9-4-2-3-8(11)5-9/h2-5H,6-7H2,1H3. The minimum atomic E-state index is -0.124. The fourth-order valence-electron chi connectivity index (χ4n) is 1.26. The molecule has 1 saturated heterocycles. The fourth-order valence-corrected chi connectivity index (χ4v) is 1.64. The summed E-state index contributed by atoms with van der Waals surface area (Å²) in [6.45, 7) is 3.41. The first-order valence-electron chi connectivity index (χ1n) is 4.20. The number of rotatable bonds is 2. The van der Waals surface area contributed by atoms with Crippen molar-refractivity contribution < 1.29 is 9.47 Å². The summed E-state index contributed by atoms with van der Waals surface area (Å²) < 4.78 is 11.9. The molecule has 1 heterocycles. The van der Waals surface area contributed by atoms with E-state index in [-0.39, 0.29) is 5.60 Å². The Balaban J connectivity index is 2.09. The molecule has 1 aliphatic heterocycles. The minimum absolute atomic E-state index is 0.124. The molecule has 0 aromatic heterocycles. The van der Waals surface area contributed by atoms with Crippen molar-refractivity contribution in [3.05, 3.63) is 28.7 Å². The summed E-state index contributed by atoms with van der Waals surface area (Å²) in [7, 11) is 0. The Labute approximate surface area is 86.0 Å². The predicted molar refractivity (Wildman–Crippen MR) is 54.0 cm³/mol. The van der Waals surface area contributed by atoms with E-state index >= 15 is 0 Å². The van der Waals surface area contributed by atoms with Gasteiger partial charge in [0.25, 0.3) is 0 Å². The molecule has 0 atom stereocenters. The summed E-state index contributed by atoms with van der Waals surface area (Å²) in [6, 6.07) is 7.85. The zero-order valence-corrected chi connectivity index (χ0v) is 9.00. The summed E-state index contributed by atoms with van der Waals surface area (Å²) >= 11 is 3.40. The maximum absolute atomic E-state index is 5.76. The molecule has 0 amide bonds. The van der Waals surface area contributed by atoms with Gasteiger partial charge in [-0.15, -0.1) is 0 Å². The molecule has 0 spiro atoms. The van der Waals surface area contributed by atoms with E-state index in [1.54, 1.807) is 0 Å². The van der Waals surface area contributed by atoms with Crippen molar-refractivity contribution >= 4 is 15.9 Å². The maximum atomic E-state index is 5.76. The highest BCUT2D eigenvalue weighted by molar-refractivity contribution is 9.10. The second kappa shape index (κ2) is 3.31. The third-order valence-electron chi connectivity index (χ3n) is 1.98. The molecule has 3 heteroatoms. The van der Waals surface area contributed by atoms with Crippen LogP contribution in [0.25, 0.3) is 0 Å². The number of hydrogen-bond acceptors (Lipinski definition) is 2. The summed E-state index contributed by atoms with van der Waals surface area (Å²) in [6.07, 6.45) is 0. The molecular weight excluding hydrogens is 232 g/mol. The Morgan fingerprint density at radius 3 is 2.77 bits per heavy atom. The highest BCUT2D eigenvalue weighted by Crippen LogP contribution is 2.26. The van der Waals surface area contributed by atoms with Crippen LogP contribution in [0.1, 0.15) is 6.92 Å². The summed E-state index contributed by atoms with van der Waals surface area (Å²) in [5.41, 5.74) is -0.124. The molecule has 0 bridgehead atoms. The molecule has 1 fully saturated rings. The van der Waals surface area contributed by atoms with Crippen LogP contribution < -0.4 is 4.74 Å². The zero-order chi connectivity index (χ0) is 9.31. The van der Waals surface area contributed by atoms with E-state index in [1.165, 1.54) is 0 Å². The molecule has 1 aromatic rings. The number of halogens is 1. The molecule has 2 nitrogen and oxygen atoms in total. The van der Waals surface area contributed by atoms with E-state index in [1.807, 2.05) is 24.3 Å². The van der Waals surface area contributed by atoms with Crippen LogP contribution in [0.2, 0.25) is 0 Å². The van der Waals surface area contributed by atoms with E-state index in [2.05, 4.69) is 22.9 Å². The quantitative estimate of drug-likeness (QED) is 0.794. The second-order valence-corrected chi connectivity index (χ2v) is 4.42. The molecule has 2 rings (SSSR count). The first-order chi connectivity index (χ1) is 6.18. The van der Waals surface area contributed by atoms with E-state index < -0.39 is 0 Å². The monoisotopic (exact) mass is 242 g/mol. The zero-order valence-electron chi connectivity index (χ0n) is 7.42. The average molecular weight is 243 g/mol. The van der Waals surface area contributed by atoms with E-state index in [4.69, 9.17) is 9.47 Å². The molecule has 0 unspecified atom stereocenters. The lowest BCUT2D eigenvalue weighted by Gasteiger charge is -2.38. The Hall–Kier alpha value is -0.540. The SMILES string of the molecule is CC1(Oc2cccc(Br)c2)COC1. The van der Waals surface area contributed by atoms with E-state index in [0.717, 1.165) is 10.2 Å². The lowest BCUT2D eigenvalue weighted by atomic mass is 10.1. The molecule has 13 heavy (non-hydrogen) atoms. The van der Waals surface area contributed by atoms with Crippen molar-refractivity contribution in [1.29, 1.82) is 0 Å². The minimum Gasteiger partial charge on any atom is -0.483 e. The van der Waals surface area contributed by atoms with Gasteiger partial charge in [0.1, 0.15) is 5.75 Å². The van der Waals surface area contributed by atoms with Gasteiger partial charge in [0.2, 0.25) is 0 Å². The van der Waals surface area contributed by atoms with Crippen LogP contribution in [0.3, 0.4) is 0 Å². The summed E-state index contributed by atoms with van der Waals surface area (Å²) in [5, 5.41) is 0. The fraction of sp³-hybridized carbons (Fsp3) is 0.400. The molecule has 1 aromatic carbocycles. The van der Waals surface area contributed by atoms with Crippen molar-refractivity contribution in [2.45, 2.75) is 12.5 Å². The largest absolute Gasteiger partial charge is 0.483 e. The highest BCUT2D eigenvalue weighted by atomic mass is 79.9. The van der Waals surface area contributed by atoms with Crippen molar-refractivity contribution in [2.24, 2.45) is 0 Å². The first kappa shape index (κ1) is 9.03. The van der Waals surface area contributed by atoms with Gasteiger partial charge >= 0.3 is 0 Å². The van der Waals surface area contributed by atoms with Gasteiger partial charge < -0.3 is 9.47 Å². The predicted octanol–water partition coefficient (Wildman–Crippen LogP) is 2.62. The number of benzene rings is 1. The molecule has 1 aliphatic rings. The van der Waals surface area contributed by atoms with Gasteiger partial charge in [0.15, 0.2) is 5.60 Å². The van der Waals surface area contributed by atoms with Crippen LogP contribution in [0.15, 0.2) is 28.7 Å². The molecule has 0 aliphatic carbocycles. The van der Waals surface area contributed by atoms with Crippen molar-refractivity contribution in [1.82, 2.24) is 0 Å². The van der Waals surface area contributed by atoms with Gasteiger partial charge in [-0.05, 0) is 25.1 Å². The Morgan fingerprint density at radius 1 is 1.46 bits per heavy atom. The van der Waals surface area contributed by atoms with E-state index in [9.17, 15) is 0 Å². The molecule has 0 radical (unpaired) electrons. The lowest BCUT2D eigenvalue weighted by molar-refractivity contribution is -0.149. The third kappa shape index (κ3) is 2.03. The summed E-state index contributed by atoms with van der Waals surface area (Å²) in [4.78, 5) is 0. The number of ether oxygens (including phenoxy) is 2. The molecule has 0 N–H and O–H groups in total. The van der Waals surface area contributed by atoms with Crippen molar-refractivity contribution in [3.8, 4) is 5.75 Å². The Morgan fingerprint density at radius 2 is 2.23 bits per heavy atom. The van der Waals surface area contributed by atoms with Gasteiger partial charge in [-0.3, -0.25) is 0 Å². The van der Waals surface area contributed by atoms with Gasteiger partial charge in [0.05, 0.1) is 13.2 Å². The van der Waals surface area contributed by atoms with Gasteiger partial charge in [-0.1, -0.05) is 22.0 Å². The second-order valence-electron chi connectivity index (χ2n) is 3.50. The molecule has 70 valence electrons. The van der Waals surface area contributed by atoms with Crippen LogP contribution in [0.5, 0.6) is 5.75 Å². The van der Waals surface area contributed by atoms with Crippen LogP contribution in [0, 0.1) is 0 Å². The van der Waals surface area contributed by atoms with E-state index in [0.29, 0.717) is 13.2 Å². The van der Waals surface area contributed by atoms with Gasteiger partial charge in [-0.2, -0.15) is 0 Å². The normalized spacial score (nSPS) is 19.2. The lowest BCUT2D eigenvalue weighted by Crippen LogP contribution is -2.51. The van der Waals surface area contributed by atoms with Gasteiger partial charge in [0, 0.05) is 4.47 Å². The smallest absolute Gasteiger partial charge is 0.152 e. The van der Waals surface area contributed by atoms with Crippen molar-refractivity contribution in [3.63, 3.8) is 0 Å². The van der Waals surface area contributed by atoms with Crippen molar-refractivity contribution in [2.75, 3.05) is 13.2 Å². The summed E-state index contributed by atoms with van der Waals surface area (Å²) in [5.74, 6) is 0.889. The average Bonchev–Trinajstić information content (AvgIpc) is 2.01. The molecular formula is C10H11BrO2. The third-order valence-corrected chi connectivity index (χ3v) is 2.47.